The fraction of sp³-hybridized carbons (Fsp3) is 0. The van der Waals surface area contributed by atoms with Gasteiger partial charge in [-0.2, -0.15) is 0 Å². The van der Waals surface area contributed by atoms with Crippen molar-refractivity contribution >= 4 is 29.0 Å². The number of halogens is 1. The van der Waals surface area contributed by atoms with E-state index in [2.05, 4.69) is 4.98 Å². The molecule has 0 fully saturated rings. The molecule has 24 heavy (non-hydrogen) atoms. The normalized spacial score (nSPS) is 10.9. The van der Waals surface area contributed by atoms with Gasteiger partial charge in [-0.1, -0.05) is 41.9 Å². The first-order chi connectivity index (χ1) is 11.7. The maximum Gasteiger partial charge on any atom is 0.227 e. The van der Waals surface area contributed by atoms with Crippen molar-refractivity contribution < 1.29 is 9.21 Å². The first kappa shape index (κ1) is 14.7. The molecule has 2 aromatic heterocycles. The van der Waals surface area contributed by atoms with E-state index >= 15 is 0 Å². The predicted molar refractivity (Wildman–Crippen MR) is 95.3 cm³/mol. The summed E-state index contributed by atoms with van der Waals surface area (Å²) in [6, 6.07) is 20.8. The largest absolute Gasteiger partial charge is 0.438 e. The van der Waals surface area contributed by atoms with Crippen molar-refractivity contribution in [2.75, 3.05) is 0 Å². The zero-order valence-corrected chi connectivity index (χ0v) is 13.3. The van der Waals surface area contributed by atoms with Crippen molar-refractivity contribution in [1.29, 1.82) is 0 Å². The Morgan fingerprint density at radius 2 is 1.79 bits per heavy atom. The van der Waals surface area contributed by atoms with Crippen molar-refractivity contribution in [3.05, 3.63) is 77.3 Å². The van der Waals surface area contributed by atoms with Crippen LogP contribution < -0.4 is 0 Å². The van der Waals surface area contributed by atoms with Gasteiger partial charge < -0.3 is 4.42 Å². The monoisotopic (exact) mass is 333 g/mol. The summed E-state index contributed by atoms with van der Waals surface area (Å²) >= 11 is 6.05. The molecule has 0 bridgehead atoms. The summed E-state index contributed by atoms with van der Waals surface area (Å²) in [5.41, 5.74) is 3.58. The lowest BCUT2D eigenvalue weighted by Gasteiger charge is -2.01. The van der Waals surface area contributed by atoms with E-state index in [1.165, 1.54) is 0 Å². The van der Waals surface area contributed by atoms with Gasteiger partial charge in [-0.05, 0) is 36.4 Å². The van der Waals surface area contributed by atoms with Crippen LogP contribution in [0.25, 0.3) is 33.7 Å². The van der Waals surface area contributed by atoms with Crippen LogP contribution in [0.1, 0.15) is 10.4 Å². The molecule has 0 saturated carbocycles. The summed E-state index contributed by atoms with van der Waals surface area (Å²) in [7, 11) is 0. The molecule has 2 heterocycles. The smallest absolute Gasteiger partial charge is 0.227 e. The van der Waals surface area contributed by atoms with Gasteiger partial charge in [-0.25, -0.2) is 4.98 Å². The number of furan rings is 1. The van der Waals surface area contributed by atoms with E-state index in [1.54, 1.807) is 18.2 Å². The molecule has 3 nitrogen and oxygen atoms in total. The van der Waals surface area contributed by atoms with Crippen LogP contribution in [-0.2, 0) is 0 Å². The third-order valence-corrected chi connectivity index (χ3v) is 4.10. The Balaban J connectivity index is 1.85. The third kappa shape index (κ3) is 2.59. The fourth-order valence-corrected chi connectivity index (χ4v) is 2.84. The molecule has 0 saturated heterocycles. The second-order valence-corrected chi connectivity index (χ2v) is 5.85. The number of benzene rings is 2. The second-order valence-electron chi connectivity index (χ2n) is 5.42. The minimum atomic E-state index is 0.529. The highest BCUT2D eigenvalue weighted by Crippen LogP contribution is 2.32. The van der Waals surface area contributed by atoms with Gasteiger partial charge in [0.1, 0.15) is 5.76 Å². The lowest BCUT2D eigenvalue weighted by Crippen LogP contribution is -1.85. The molecule has 4 aromatic rings. The summed E-state index contributed by atoms with van der Waals surface area (Å²) < 4.78 is 5.89. The Morgan fingerprint density at radius 3 is 2.58 bits per heavy atom. The highest BCUT2D eigenvalue weighted by Gasteiger charge is 2.12. The number of hydrogen-bond donors (Lipinski definition) is 0. The zero-order chi connectivity index (χ0) is 16.5. The number of carbonyl (C=O) groups is 1. The van der Waals surface area contributed by atoms with Crippen LogP contribution >= 0.6 is 11.6 Å². The Labute approximate surface area is 143 Å². The van der Waals surface area contributed by atoms with Crippen LogP contribution in [0.5, 0.6) is 0 Å². The minimum Gasteiger partial charge on any atom is -0.438 e. The molecule has 0 unspecified atom stereocenters. The second kappa shape index (κ2) is 5.95. The number of fused-ring (bicyclic) bond motifs is 1. The summed E-state index contributed by atoms with van der Waals surface area (Å²) in [4.78, 5) is 15.8. The molecule has 0 N–H and O–H groups in total. The number of aromatic nitrogens is 1. The number of aldehydes is 1. The molecule has 0 radical (unpaired) electrons. The number of rotatable bonds is 3. The predicted octanol–water partition coefficient (Wildman–Crippen LogP) is 5.63. The molecule has 0 atom stereocenters. The quantitative estimate of drug-likeness (QED) is 0.456. The average Bonchev–Trinajstić information content (AvgIpc) is 3.05. The van der Waals surface area contributed by atoms with Crippen molar-refractivity contribution in [2.45, 2.75) is 0 Å². The molecule has 0 spiro atoms. The van der Waals surface area contributed by atoms with Gasteiger partial charge in [0, 0.05) is 27.1 Å². The maximum atomic E-state index is 11.3. The van der Waals surface area contributed by atoms with Crippen LogP contribution in [0.2, 0.25) is 5.02 Å². The maximum absolute atomic E-state index is 11.3. The molecular weight excluding hydrogens is 322 g/mol. The summed E-state index contributed by atoms with van der Waals surface area (Å²) in [6.45, 7) is 0. The first-order valence-corrected chi connectivity index (χ1v) is 7.83. The van der Waals surface area contributed by atoms with E-state index in [1.807, 2.05) is 48.5 Å². The van der Waals surface area contributed by atoms with Crippen molar-refractivity contribution in [1.82, 2.24) is 4.98 Å². The molecule has 2 aromatic carbocycles. The van der Waals surface area contributed by atoms with Gasteiger partial charge in [-0.15, -0.1) is 0 Å². The van der Waals surface area contributed by atoms with Crippen LogP contribution in [0.4, 0.5) is 0 Å². The molecule has 4 rings (SSSR count). The van der Waals surface area contributed by atoms with E-state index in [4.69, 9.17) is 16.0 Å². The average molecular weight is 334 g/mol. The molecule has 0 amide bonds. The number of carbonyl (C=O) groups excluding carboxylic acids is 1. The third-order valence-electron chi connectivity index (χ3n) is 3.86. The van der Waals surface area contributed by atoms with E-state index < -0.39 is 0 Å². The fourth-order valence-electron chi connectivity index (χ4n) is 2.66. The van der Waals surface area contributed by atoms with Crippen molar-refractivity contribution in [2.24, 2.45) is 0 Å². The molecule has 116 valence electrons. The molecule has 4 heteroatoms. The molecule has 0 aliphatic rings. The highest BCUT2D eigenvalue weighted by molar-refractivity contribution is 6.31. The molecular formula is C20H12ClNO2. The van der Waals surface area contributed by atoms with Crippen LogP contribution in [0, 0.1) is 0 Å². The topological polar surface area (TPSA) is 43.1 Å². The lowest BCUT2D eigenvalue weighted by molar-refractivity contribution is 0.112. The SMILES string of the molecule is O=Cc1ccc(Cl)cc1-c1cc2ccc(-c3ccccc3)nc2o1. The van der Waals surface area contributed by atoms with Crippen molar-refractivity contribution in [3.63, 3.8) is 0 Å². The van der Waals surface area contributed by atoms with E-state index in [9.17, 15) is 4.79 Å². The van der Waals surface area contributed by atoms with E-state index in [0.29, 0.717) is 27.6 Å². The summed E-state index contributed by atoms with van der Waals surface area (Å²) in [5, 5.41) is 1.43. The van der Waals surface area contributed by atoms with Crippen LogP contribution in [0.15, 0.2) is 71.1 Å². The standard InChI is InChI=1S/C20H12ClNO2/c21-16-8-6-15(12-23)17(11-16)19-10-14-7-9-18(22-20(14)24-19)13-4-2-1-3-5-13/h1-12H. The van der Waals surface area contributed by atoms with Gasteiger partial charge >= 0.3 is 0 Å². The van der Waals surface area contributed by atoms with E-state index in [-0.39, 0.29) is 0 Å². The van der Waals surface area contributed by atoms with Gasteiger partial charge in [0.25, 0.3) is 0 Å². The summed E-state index contributed by atoms with van der Waals surface area (Å²) in [5.74, 6) is 0.576. The number of nitrogens with zero attached hydrogens (tertiary/aromatic N) is 1. The Morgan fingerprint density at radius 1 is 0.958 bits per heavy atom. The van der Waals surface area contributed by atoms with Gasteiger partial charge in [0.15, 0.2) is 6.29 Å². The molecule has 0 aliphatic carbocycles. The first-order valence-electron chi connectivity index (χ1n) is 7.46. The van der Waals surface area contributed by atoms with Gasteiger partial charge in [0.2, 0.25) is 5.71 Å². The zero-order valence-electron chi connectivity index (χ0n) is 12.6. The Bertz CT molecular complexity index is 1040. The number of pyridine rings is 1. The summed E-state index contributed by atoms with van der Waals surface area (Å²) in [6.07, 6.45) is 0.793. The molecule has 0 aliphatic heterocycles. The Hall–Kier alpha value is -2.91. The van der Waals surface area contributed by atoms with E-state index in [0.717, 1.165) is 22.9 Å². The van der Waals surface area contributed by atoms with Gasteiger partial charge in [0.05, 0.1) is 5.69 Å². The minimum absolute atomic E-state index is 0.529. The Kier molecular flexibility index (Phi) is 3.63. The van der Waals surface area contributed by atoms with Crippen LogP contribution in [0.3, 0.4) is 0 Å². The highest BCUT2D eigenvalue weighted by atomic mass is 35.5. The lowest BCUT2D eigenvalue weighted by atomic mass is 10.1. The number of hydrogen-bond acceptors (Lipinski definition) is 3. The van der Waals surface area contributed by atoms with Crippen LogP contribution in [-0.4, -0.2) is 11.3 Å². The van der Waals surface area contributed by atoms with Gasteiger partial charge in [-0.3, -0.25) is 4.79 Å². The van der Waals surface area contributed by atoms with Crippen molar-refractivity contribution in [3.8, 4) is 22.6 Å².